The van der Waals surface area contributed by atoms with Gasteiger partial charge in [0, 0.05) is 17.4 Å². The van der Waals surface area contributed by atoms with Crippen molar-refractivity contribution < 1.29 is 4.79 Å². The highest BCUT2D eigenvalue weighted by Crippen LogP contribution is 2.24. The van der Waals surface area contributed by atoms with E-state index in [-0.39, 0.29) is 5.91 Å². The predicted molar refractivity (Wildman–Crippen MR) is 108 cm³/mol. The van der Waals surface area contributed by atoms with Gasteiger partial charge in [0.2, 0.25) is 0 Å². The lowest BCUT2D eigenvalue weighted by molar-refractivity contribution is 0.102. The van der Waals surface area contributed by atoms with Crippen molar-refractivity contribution in [3.63, 3.8) is 0 Å². The van der Waals surface area contributed by atoms with Crippen LogP contribution in [0.5, 0.6) is 0 Å². The summed E-state index contributed by atoms with van der Waals surface area (Å²) in [5, 5.41) is 7.65. The number of aryl methyl sites for hydroxylation is 1. The number of anilines is 1. The van der Waals surface area contributed by atoms with Crippen LogP contribution in [0.25, 0.3) is 16.9 Å². The summed E-state index contributed by atoms with van der Waals surface area (Å²) < 4.78 is 1.75. The van der Waals surface area contributed by atoms with Crippen molar-refractivity contribution in [1.82, 2.24) is 9.78 Å². The van der Waals surface area contributed by atoms with Gasteiger partial charge >= 0.3 is 0 Å². The van der Waals surface area contributed by atoms with Gasteiger partial charge in [0.1, 0.15) is 5.69 Å². The highest BCUT2D eigenvalue weighted by molar-refractivity contribution is 6.08. The molecule has 1 aromatic heterocycles. The lowest BCUT2D eigenvalue weighted by atomic mass is 10.1. The van der Waals surface area contributed by atoms with Crippen LogP contribution >= 0.6 is 0 Å². The van der Waals surface area contributed by atoms with E-state index in [1.165, 1.54) is 5.56 Å². The molecule has 0 fully saturated rings. The van der Waals surface area contributed by atoms with Crippen LogP contribution in [0.3, 0.4) is 0 Å². The van der Waals surface area contributed by atoms with Gasteiger partial charge in [-0.2, -0.15) is 5.10 Å². The maximum absolute atomic E-state index is 12.9. The summed E-state index contributed by atoms with van der Waals surface area (Å²) in [4.78, 5) is 12.9. The molecule has 1 amide bonds. The molecule has 27 heavy (non-hydrogen) atoms. The van der Waals surface area contributed by atoms with E-state index in [4.69, 9.17) is 5.10 Å². The topological polar surface area (TPSA) is 46.9 Å². The normalized spacial score (nSPS) is 10.6. The second-order valence-corrected chi connectivity index (χ2v) is 6.36. The van der Waals surface area contributed by atoms with Crippen molar-refractivity contribution in [1.29, 1.82) is 0 Å². The zero-order chi connectivity index (χ0) is 18.6. The number of carbonyl (C=O) groups excluding carboxylic acids is 1. The molecule has 0 aliphatic heterocycles. The molecule has 0 aliphatic carbocycles. The average molecular weight is 353 g/mol. The molecule has 0 saturated heterocycles. The second-order valence-electron chi connectivity index (χ2n) is 6.36. The lowest BCUT2D eigenvalue weighted by Crippen LogP contribution is -2.12. The van der Waals surface area contributed by atoms with Crippen LogP contribution in [0.15, 0.2) is 91.1 Å². The van der Waals surface area contributed by atoms with E-state index in [1.54, 1.807) is 10.9 Å². The van der Waals surface area contributed by atoms with Crippen molar-refractivity contribution in [3.05, 3.63) is 102 Å². The van der Waals surface area contributed by atoms with Gasteiger partial charge in [-0.15, -0.1) is 0 Å². The van der Waals surface area contributed by atoms with Crippen LogP contribution in [-0.2, 0) is 0 Å². The summed E-state index contributed by atoms with van der Waals surface area (Å²) in [6.45, 7) is 2.04. The predicted octanol–water partition coefficient (Wildman–Crippen LogP) is 5.10. The summed E-state index contributed by atoms with van der Waals surface area (Å²) in [5.74, 6) is -0.182. The fourth-order valence-corrected chi connectivity index (χ4v) is 2.90. The first-order chi connectivity index (χ1) is 13.2. The van der Waals surface area contributed by atoms with E-state index >= 15 is 0 Å². The first-order valence-electron chi connectivity index (χ1n) is 8.79. The standard InChI is InChI=1S/C23H19N3O/c1-17-12-14-20(15-13-17)26-16-21(22(25-26)18-8-4-2-5-9-18)23(27)24-19-10-6-3-7-11-19/h2-16H,1H3,(H,24,27). The Labute approximate surface area is 158 Å². The second kappa shape index (κ2) is 7.30. The number of amides is 1. The third-order valence-electron chi connectivity index (χ3n) is 4.34. The van der Waals surface area contributed by atoms with Crippen LogP contribution in [0, 0.1) is 6.92 Å². The van der Waals surface area contributed by atoms with Gasteiger partial charge in [-0.3, -0.25) is 4.79 Å². The highest BCUT2D eigenvalue weighted by Gasteiger charge is 2.18. The SMILES string of the molecule is Cc1ccc(-n2cc(C(=O)Nc3ccccc3)c(-c3ccccc3)n2)cc1. The Balaban J connectivity index is 1.76. The number of nitrogens with zero attached hydrogens (tertiary/aromatic N) is 2. The van der Waals surface area contributed by atoms with Gasteiger partial charge < -0.3 is 5.32 Å². The molecular formula is C23H19N3O. The first kappa shape index (κ1) is 16.8. The maximum Gasteiger partial charge on any atom is 0.259 e. The summed E-state index contributed by atoms with van der Waals surface area (Å²) in [7, 11) is 0. The van der Waals surface area contributed by atoms with Crippen LogP contribution < -0.4 is 5.32 Å². The Hall–Kier alpha value is -3.66. The Morgan fingerprint density at radius 2 is 1.48 bits per heavy atom. The minimum absolute atomic E-state index is 0.182. The smallest absolute Gasteiger partial charge is 0.259 e. The minimum Gasteiger partial charge on any atom is -0.322 e. The van der Waals surface area contributed by atoms with Gasteiger partial charge in [0.05, 0.1) is 11.3 Å². The molecule has 4 heteroatoms. The Bertz CT molecular complexity index is 1050. The largest absolute Gasteiger partial charge is 0.322 e. The molecule has 4 rings (SSSR count). The molecule has 0 unspecified atom stereocenters. The molecule has 3 aromatic carbocycles. The molecule has 4 aromatic rings. The number of hydrogen-bond acceptors (Lipinski definition) is 2. The molecule has 1 N–H and O–H groups in total. The van der Waals surface area contributed by atoms with Crippen molar-refractivity contribution in [3.8, 4) is 16.9 Å². The van der Waals surface area contributed by atoms with Crippen LogP contribution in [0.4, 0.5) is 5.69 Å². The van der Waals surface area contributed by atoms with E-state index in [0.717, 1.165) is 16.9 Å². The molecule has 0 spiro atoms. The Kier molecular flexibility index (Phi) is 4.54. The summed E-state index contributed by atoms with van der Waals surface area (Å²) >= 11 is 0. The zero-order valence-corrected chi connectivity index (χ0v) is 15.0. The number of para-hydroxylation sites is 1. The quantitative estimate of drug-likeness (QED) is 0.555. The molecule has 0 atom stereocenters. The number of hydrogen-bond donors (Lipinski definition) is 1. The highest BCUT2D eigenvalue weighted by atomic mass is 16.1. The summed E-state index contributed by atoms with van der Waals surface area (Å²) in [6, 6.07) is 27.2. The first-order valence-corrected chi connectivity index (χ1v) is 8.79. The van der Waals surface area contributed by atoms with E-state index in [2.05, 4.69) is 5.32 Å². The number of benzene rings is 3. The van der Waals surface area contributed by atoms with E-state index in [1.807, 2.05) is 91.9 Å². The maximum atomic E-state index is 12.9. The van der Waals surface area contributed by atoms with E-state index in [0.29, 0.717) is 11.3 Å². The average Bonchev–Trinajstić information content (AvgIpc) is 3.16. The molecule has 0 aliphatic rings. The molecule has 0 bridgehead atoms. The van der Waals surface area contributed by atoms with Crippen molar-refractivity contribution >= 4 is 11.6 Å². The van der Waals surface area contributed by atoms with Gasteiger partial charge in [-0.1, -0.05) is 66.2 Å². The van der Waals surface area contributed by atoms with Crippen LogP contribution in [0.1, 0.15) is 15.9 Å². The molecule has 132 valence electrons. The van der Waals surface area contributed by atoms with Crippen molar-refractivity contribution in [2.45, 2.75) is 6.92 Å². The molecule has 0 radical (unpaired) electrons. The molecule has 0 saturated carbocycles. The lowest BCUT2D eigenvalue weighted by Gasteiger charge is -2.05. The van der Waals surface area contributed by atoms with Gasteiger partial charge in [-0.25, -0.2) is 4.68 Å². The van der Waals surface area contributed by atoms with Crippen molar-refractivity contribution in [2.75, 3.05) is 5.32 Å². The van der Waals surface area contributed by atoms with E-state index < -0.39 is 0 Å². The van der Waals surface area contributed by atoms with Crippen LogP contribution in [0.2, 0.25) is 0 Å². The summed E-state index contributed by atoms with van der Waals surface area (Å²) in [6.07, 6.45) is 1.78. The fourth-order valence-electron chi connectivity index (χ4n) is 2.90. The van der Waals surface area contributed by atoms with Crippen molar-refractivity contribution in [2.24, 2.45) is 0 Å². The number of rotatable bonds is 4. The van der Waals surface area contributed by atoms with Gasteiger partial charge in [-0.05, 0) is 31.2 Å². The van der Waals surface area contributed by atoms with E-state index in [9.17, 15) is 4.79 Å². The number of carbonyl (C=O) groups is 1. The third kappa shape index (κ3) is 3.65. The Morgan fingerprint density at radius 1 is 0.852 bits per heavy atom. The van der Waals surface area contributed by atoms with Crippen LogP contribution in [-0.4, -0.2) is 15.7 Å². The third-order valence-corrected chi connectivity index (χ3v) is 4.34. The number of aromatic nitrogens is 2. The van der Waals surface area contributed by atoms with Gasteiger partial charge in [0.15, 0.2) is 0 Å². The zero-order valence-electron chi connectivity index (χ0n) is 15.0. The molecular weight excluding hydrogens is 334 g/mol. The number of nitrogens with one attached hydrogen (secondary N) is 1. The minimum atomic E-state index is -0.182. The Morgan fingerprint density at radius 3 is 2.15 bits per heavy atom. The fraction of sp³-hybridized carbons (Fsp3) is 0.0435. The van der Waals surface area contributed by atoms with Gasteiger partial charge in [0.25, 0.3) is 5.91 Å². The summed E-state index contributed by atoms with van der Waals surface area (Å²) in [5.41, 5.74) is 4.94. The molecule has 1 heterocycles. The molecule has 4 nitrogen and oxygen atoms in total. The monoisotopic (exact) mass is 353 g/mol.